The van der Waals surface area contributed by atoms with E-state index in [1.54, 1.807) is 14.2 Å². The number of phenolic OH excluding ortho intramolecular Hbond substituents is 1. The van der Waals surface area contributed by atoms with Crippen LogP contribution in [0, 0.1) is 34.5 Å². The van der Waals surface area contributed by atoms with E-state index in [0.717, 1.165) is 63.8 Å². The summed E-state index contributed by atoms with van der Waals surface area (Å²) in [6.45, 7) is 9.73. The van der Waals surface area contributed by atoms with Gasteiger partial charge in [0, 0.05) is 28.0 Å². The van der Waals surface area contributed by atoms with E-state index in [-0.39, 0.29) is 22.3 Å². The predicted molar refractivity (Wildman–Crippen MR) is 193 cm³/mol. The lowest BCUT2D eigenvalue weighted by Crippen LogP contribution is -2.50. The number of phenols is 1. The van der Waals surface area contributed by atoms with Crippen LogP contribution in [0.3, 0.4) is 0 Å². The number of hydrogen-bond acceptors (Lipinski definition) is 4. The minimum Gasteiger partial charge on any atom is -0.507 e. The fraction of sp³-hybridized carbons (Fsp3) is 0.500. The monoisotopic (exact) mass is 642 g/mol. The molecule has 1 spiro atoms. The van der Waals surface area contributed by atoms with Crippen molar-refractivity contribution in [3.63, 3.8) is 0 Å². The van der Waals surface area contributed by atoms with Gasteiger partial charge >= 0.3 is 0 Å². The van der Waals surface area contributed by atoms with Crippen LogP contribution in [-0.2, 0) is 5.41 Å². The van der Waals surface area contributed by atoms with Crippen molar-refractivity contribution < 1.29 is 19.3 Å². The van der Waals surface area contributed by atoms with Crippen LogP contribution in [0.1, 0.15) is 90.2 Å². The molecule has 4 aromatic carbocycles. The van der Waals surface area contributed by atoms with Gasteiger partial charge in [-0.2, -0.15) is 0 Å². The van der Waals surface area contributed by atoms with Gasteiger partial charge in [-0.1, -0.05) is 52.0 Å². The van der Waals surface area contributed by atoms with Crippen molar-refractivity contribution in [2.75, 3.05) is 14.2 Å². The van der Waals surface area contributed by atoms with Crippen LogP contribution in [0.4, 0.5) is 0 Å². The molecular formula is C44H50O4. The summed E-state index contributed by atoms with van der Waals surface area (Å²) in [4.78, 5) is 0. The third-order valence-corrected chi connectivity index (χ3v) is 13.1. The van der Waals surface area contributed by atoms with Crippen LogP contribution < -0.4 is 14.2 Å². The van der Waals surface area contributed by atoms with E-state index in [4.69, 9.17) is 14.2 Å². The molecule has 0 unspecified atom stereocenters. The Morgan fingerprint density at radius 3 is 1.98 bits per heavy atom. The Hall–Kier alpha value is -3.66. The van der Waals surface area contributed by atoms with E-state index in [9.17, 15) is 5.11 Å². The largest absolute Gasteiger partial charge is 0.507 e. The highest BCUT2D eigenvalue weighted by molar-refractivity contribution is 6.08. The Kier molecular flexibility index (Phi) is 6.60. The molecule has 0 radical (unpaired) electrons. The molecule has 4 aromatic rings. The summed E-state index contributed by atoms with van der Waals surface area (Å²) >= 11 is 0. The van der Waals surface area contributed by atoms with Gasteiger partial charge in [-0.05, 0) is 144 Å². The first-order valence-electron chi connectivity index (χ1n) is 18.3. The molecule has 10 rings (SSSR count). The average Bonchev–Trinajstić information content (AvgIpc) is 3.28. The standard InChI is InChI=1S/C44H50O4/c1-42(2)22-43(3,4)24-44(23-42)35-10-8-7-9-31(35)40-34-20-39(48-41-27-14-25-13-26(16-27)17-28(41)15-25)33(19-32(34)37(45)21-36(40)44)30-12-11-29(46-5)18-38(30)47-6/h7-12,18-21,25-28,41,45H,13-17,22-24H2,1-6H3. The third kappa shape index (κ3) is 4.53. The van der Waals surface area contributed by atoms with Crippen molar-refractivity contribution in [1.29, 1.82) is 0 Å². The maximum absolute atomic E-state index is 12.1. The van der Waals surface area contributed by atoms with E-state index < -0.39 is 0 Å². The minimum atomic E-state index is -0.150. The van der Waals surface area contributed by atoms with E-state index >= 15 is 0 Å². The number of ether oxygens (including phenoxy) is 3. The lowest BCUT2D eigenvalue weighted by molar-refractivity contribution is -0.0787. The van der Waals surface area contributed by atoms with Gasteiger partial charge in [0.25, 0.3) is 0 Å². The molecule has 48 heavy (non-hydrogen) atoms. The van der Waals surface area contributed by atoms with Crippen molar-refractivity contribution in [3.8, 4) is 45.3 Å². The molecular weight excluding hydrogens is 592 g/mol. The van der Waals surface area contributed by atoms with Gasteiger partial charge in [0.15, 0.2) is 0 Å². The first-order chi connectivity index (χ1) is 23.0. The van der Waals surface area contributed by atoms with Crippen molar-refractivity contribution in [3.05, 3.63) is 71.8 Å². The summed E-state index contributed by atoms with van der Waals surface area (Å²) in [5, 5.41) is 14.0. The maximum atomic E-state index is 12.1. The molecule has 5 fully saturated rings. The summed E-state index contributed by atoms with van der Waals surface area (Å²) in [5.74, 6) is 5.72. The van der Waals surface area contributed by atoms with Crippen molar-refractivity contribution in [2.45, 2.75) is 90.6 Å². The molecule has 1 N–H and O–H groups in total. The van der Waals surface area contributed by atoms with Gasteiger partial charge < -0.3 is 19.3 Å². The van der Waals surface area contributed by atoms with E-state index in [2.05, 4.69) is 76.2 Å². The SMILES string of the molecule is COc1ccc(-c2cc3c(O)cc4c(c3cc2OC2C3CC5CC(C3)CC2C5)-c2ccccc2C42CC(C)(C)CC(C)(C)C2)c(OC)c1. The topological polar surface area (TPSA) is 47.9 Å². The molecule has 0 aromatic heterocycles. The summed E-state index contributed by atoms with van der Waals surface area (Å²) < 4.78 is 18.9. The van der Waals surface area contributed by atoms with Crippen molar-refractivity contribution >= 4 is 10.8 Å². The second kappa shape index (κ2) is 10.4. The smallest absolute Gasteiger partial charge is 0.130 e. The molecule has 5 saturated carbocycles. The van der Waals surface area contributed by atoms with Crippen molar-refractivity contribution in [2.24, 2.45) is 34.5 Å². The average molecular weight is 643 g/mol. The van der Waals surface area contributed by atoms with Gasteiger partial charge in [-0.15, -0.1) is 0 Å². The lowest BCUT2D eigenvalue weighted by atomic mass is 9.52. The molecule has 250 valence electrons. The fourth-order valence-corrected chi connectivity index (χ4v) is 12.4. The molecule has 0 aliphatic heterocycles. The van der Waals surface area contributed by atoms with Crippen LogP contribution in [0.2, 0.25) is 0 Å². The number of methoxy groups -OCH3 is 2. The normalized spacial score (nSPS) is 28.3. The Morgan fingerprint density at radius 2 is 1.31 bits per heavy atom. The van der Waals surface area contributed by atoms with Crippen LogP contribution in [0.5, 0.6) is 23.0 Å². The quantitative estimate of drug-likeness (QED) is 0.235. The molecule has 6 aliphatic carbocycles. The number of hydrogen-bond donors (Lipinski definition) is 1. The lowest BCUT2D eigenvalue weighted by Gasteiger charge is -2.53. The predicted octanol–water partition coefficient (Wildman–Crippen LogP) is 10.9. The molecule has 4 nitrogen and oxygen atoms in total. The van der Waals surface area contributed by atoms with Gasteiger partial charge in [0.1, 0.15) is 29.1 Å². The Morgan fingerprint density at radius 1 is 0.625 bits per heavy atom. The van der Waals surface area contributed by atoms with E-state index in [0.29, 0.717) is 17.6 Å². The number of benzene rings is 4. The van der Waals surface area contributed by atoms with Crippen LogP contribution >= 0.6 is 0 Å². The zero-order chi connectivity index (χ0) is 33.2. The Labute approximate surface area is 285 Å². The first kappa shape index (κ1) is 30.4. The molecule has 0 heterocycles. The van der Waals surface area contributed by atoms with Crippen LogP contribution in [0.25, 0.3) is 33.0 Å². The summed E-state index contributed by atoms with van der Waals surface area (Å²) in [5.41, 5.74) is 7.38. The molecule has 0 amide bonds. The van der Waals surface area contributed by atoms with Gasteiger partial charge in [0.05, 0.1) is 14.2 Å². The summed E-state index contributed by atoms with van der Waals surface area (Å²) in [6.07, 6.45) is 10.1. The molecule has 4 heteroatoms. The Balaban J connectivity index is 1.29. The number of rotatable bonds is 5. The van der Waals surface area contributed by atoms with Gasteiger partial charge in [-0.3, -0.25) is 0 Å². The number of aromatic hydroxyl groups is 1. The van der Waals surface area contributed by atoms with E-state index in [1.165, 1.54) is 60.8 Å². The molecule has 4 bridgehead atoms. The fourth-order valence-electron chi connectivity index (χ4n) is 12.4. The zero-order valence-electron chi connectivity index (χ0n) is 29.5. The zero-order valence-corrected chi connectivity index (χ0v) is 29.5. The summed E-state index contributed by atoms with van der Waals surface area (Å²) in [6, 6.07) is 21.6. The second-order valence-electron chi connectivity index (χ2n) is 17.8. The van der Waals surface area contributed by atoms with E-state index in [1.807, 2.05) is 12.1 Å². The highest BCUT2D eigenvalue weighted by Gasteiger charge is 2.54. The van der Waals surface area contributed by atoms with Gasteiger partial charge in [-0.25, -0.2) is 0 Å². The minimum absolute atomic E-state index is 0.150. The highest BCUT2D eigenvalue weighted by Crippen LogP contribution is 2.65. The second-order valence-corrected chi connectivity index (χ2v) is 17.8. The summed E-state index contributed by atoms with van der Waals surface area (Å²) in [7, 11) is 3.40. The number of fused-ring (bicyclic) bond motifs is 7. The maximum Gasteiger partial charge on any atom is 0.130 e. The highest BCUT2D eigenvalue weighted by atomic mass is 16.5. The molecule has 0 saturated heterocycles. The first-order valence-corrected chi connectivity index (χ1v) is 18.3. The van der Waals surface area contributed by atoms with Gasteiger partial charge in [0.2, 0.25) is 0 Å². The van der Waals surface area contributed by atoms with Crippen molar-refractivity contribution in [1.82, 2.24) is 0 Å². The van der Waals surface area contributed by atoms with Crippen LogP contribution in [-0.4, -0.2) is 25.4 Å². The third-order valence-electron chi connectivity index (χ3n) is 13.1. The van der Waals surface area contributed by atoms with Crippen LogP contribution in [0.15, 0.2) is 60.7 Å². The molecule has 0 atom stereocenters. The molecule has 6 aliphatic rings. The Bertz CT molecular complexity index is 1910.